The number of imidazole rings is 2. The molecule has 7 heteroatoms. The van der Waals surface area contributed by atoms with Gasteiger partial charge in [0.15, 0.2) is 0 Å². The van der Waals surface area contributed by atoms with Crippen molar-refractivity contribution in [2.75, 3.05) is 13.1 Å². The van der Waals surface area contributed by atoms with Crippen molar-refractivity contribution in [3.63, 3.8) is 0 Å². The summed E-state index contributed by atoms with van der Waals surface area (Å²) in [6.45, 7) is 5.48. The summed E-state index contributed by atoms with van der Waals surface area (Å²) < 4.78 is 19.9. The molecule has 1 unspecified atom stereocenters. The fourth-order valence-corrected chi connectivity index (χ4v) is 5.62. The van der Waals surface area contributed by atoms with E-state index in [1.807, 2.05) is 30.9 Å². The number of rotatable bonds is 6. The number of aromatic nitrogens is 4. The third-order valence-electron chi connectivity index (χ3n) is 7.56. The largest absolute Gasteiger partial charge is 0.329 e. The molecule has 184 valence electrons. The van der Waals surface area contributed by atoms with Gasteiger partial charge in [-0.3, -0.25) is 9.13 Å². The zero-order valence-corrected chi connectivity index (χ0v) is 20.8. The first-order chi connectivity index (χ1) is 17.0. The molecule has 1 saturated heterocycles. The fourth-order valence-electron chi connectivity index (χ4n) is 5.62. The van der Waals surface area contributed by atoms with Crippen LogP contribution in [0.5, 0.6) is 0 Å². The van der Waals surface area contributed by atoms with E-state index in [0.29, 0.717) is 6.04 Å². The summed E-state index contributed by atoms with van der Waals surface area (Å²) in [5.41, 5.74) is 5.66. The number of aryl methyl sites for hydroxylation is 1. The first kappa shape index (κ1) is 23.5. The topological polar surface area (TPSA) is 56.8 Å². The lowest BCUT2D eigenvalue weighted by molar-refractivity contribution is 0.509. The van der Waals surface area contributed by atoms with Crippen molar-refractivity contribution in [1.29, 1.82) is 0 Å². The Hall–Kier alpha value is -3.19. The molecular formula is C28H34FN5O. The minimum atomic E-state index is -0.282. The molecule has 1 N–H and O–H groups in total. The van der Waals surface area contributed by atoms with Gasteiger partial charge in [-0.2, -0.15) is 0 Å². The van der Waals surface area contributed by atoms with Crippen molar-refractivity contribution in [3.05, 3.63) is 70.8 Å². The van der Waals surface area contributed by atoms with Crippen LogP contribution in [0.25, 0.3) is 27.9 Å². The molecule has 1 atom stereocenters. The molecule has 6 nitrogen and oxygen atoms in total. The second-order valence-corrected chi connectivity index (χ2v) is 9.60. The first-order valence-corrected chi connectivity index (χ1v) is 12.7. The van der Waals surface area contributed by atoms with E-state index in [2.05, 4.69) is 28.1 Å². The fraction of sp³-hybridized carbons (Fsp3) is 0.429. The zero-order valence-electron chi connectivity index (χ0n) is 20.8. The van der Waals surface area contributed by atoms with Crippen LogP contribution in [-0.4, -0.2) is 31.8 Å². The standard InChI is InChI=1S/C28H34FN5O/c1-4-19(10-12-21(29)5-2)26-27(33(18-31-26)23-14-15-30-17-23)20-11-13-24-25(16-20)32(3)28(35)34(24)22-8-6-7-9-22/h4-5,10-13,16,18,22-23,30H,6-9,14-15,17H2,1-3H3/b12-10-,19-4+,21-5-. The Morgan fingerprint density at radius 3 is 2.57 bits per heavy atom. The van der Waals surface area contributed by atoms with Gasteiger partial charge in [-0.1, -0.05) is 37.1 Å². The lowest BCUT2D eigenvalue weighted by Crippen LogP contribution is -2.24. The van der Waals surface area contributed by atoms with Gasteiger partial charge in [0, 0.05) is 31.2 Å². The lowest BCUT2D eigenvalue weighted by Gasteiger charge is -2.17. The van der Waals surface area contributed by atoms with Crippen molar-refractivity contribution in [3.8, 4) is 11.3 Å². The van der Waals surface area contributed by atoms with E-state index in [9.17, 15) is 9.18 Å². The summed E-state index contributed by atoms with van der Waals surface area (Å²) in [6, 6.07) is 6.89. The van der Waals surface area contributed by atoms with Crippen molar-refractivity contribution >= 4 is 16.6 Å². The van der Waals surface area contributed by atoms with Crippen LogP contribution < -0.4 is 11.0 Å². The number of nitrogens with zero attached hydrogens (tertiary/aromatic N) is 4. The highest BCUT2D eigenvalue weighted by Gasteiger charge is 2.26. The van der Waals surface area contributed by atoms with Gasteiger partial charge in [0.05, 0.1) is 28.7 Å². The molecule has 0 bridgehead atoms. The maximum Gasteiger partial charge on any atom is 0.329 e. The van der Waals surface area contributed by atoms with E-state index in [-0.39, 0.29) is 17.6 Å². The molecule has 2 aliphatic rings. The summed E-state index contributed by atoms with van der Waals surface area (Å²) in [7, 11) is 1.86. The monoisotopic (exact) mass is 475 g/mol. The first-order valence-electron chi connectivity index (χ1n) is 12.7. The number of hydrogen-bond acceptors (Lipinski definition) is 3. The van der Waals surface area contributed by atoms with Crippen LogP contribution >= 0.6 is 0 Å². The Bertz CT molecular complexity index is 1370. The lowest BCUT2D eigenvalue weighted by atomic mass is 10.0. The molecule has 3 aromatic rings. The second-order valence-electron chi connectivity index (χ2n) is 9.60. The van der Waals surface area contributed by atoms with Crippen molar-refractivity contribution in [2.45, 2.75) is 58.0 Å². The Balaban J connectivity index is 1.67. The van der Waals surface area contributed by atoms with Crippen LogP contribution in [-0.2, 0) is 7.05 Å². The maximum absolute atomic E-state index is 13.9. The molecule has 2 fully saturated rings. The van der Waals surface area contributed by atoms with Crippen LogP contribution in [0.1, 0.15) is 63.7 Å². The van der Waals surface area contributed by atoms with Crippen molar-refractivity contribution in [1.82, 2.24) is 24.0 Å². The van der Waals surface area contributed by atoms with Gasteiger partial charge in [-0.15, -0.1) is 0 Å². The van der Waals surface area contributed by atoms with E-state index in [4.69, 9.17) is 4.98 Å². The highest BCUT2D eigenvalue weighted by molar-refractivity contribution is 5.87. The van der Waals surface area contributed by atoms with E-state index < -0.39 is 0 Å². The molecular weight excluding hydrogens is 441 g/mol. The van der Waals surface area contributed by atoms with Gasteiger partial charge in [0.25, 0.3) is 0 Å². The zero-order chi connectivity index (χ0) is 24.5. The third kappa shape index (κ3) is 4.22. The average Bonchev–Trinajstić information content (AvgIpc) is 3.67. The third-order valence-corrected chi connectivity index (χ3v) is 7.56. The van der Waals surface area contributed by atoms with Crippen LogP contribution in [0.3, 0.4) is 0 Å². The van der Waals surface area contributed by atoms with Gasteiger partial charge < -0.3 is 9.88 Å². The maximum atomic E-state index is 13.9. The van der Waals surface area contributed by atoms with Crippen LogP contribution in [0.15, 0.2) is 59.5 Å². The molecule has 1 saturated carbocycles. The van der Waals surface area contributed by atoms with E-state index in [1.54, 1.807) is 17.6 Å². The Labute approximate surface area is 205 Å². The predicted molar refractivity (Wildman–Crippen MR) is 140 cm³/mol. The molecule has 1 aromatic carbocycles. The Morgan fingerprint density at radius 1 is 1.09 bits per heavy atom. The Morgan fingerprint density at radius 2 is 1.89 bits per heavy atom. The van der Waals surface area contributed by atoms with E-state index in [0.717, 1.165) is 65.9 Å². The number of hydrogen-bond donors (Lipinski definition) is 1. The second kappa shape index (κ2) is 9.82. The van der Waals surface area contributed by atoms with Crippen LogP contribution in [0.4, 0.5) is 4.39 Å². The number of benzene rings is 1. The highest BCUT2D eigenvalue weighted by Crippen LogP contribution is 2.36. The number of fused-ring (bicyclic) bond motifs is 1. The highest BCUT2D eigenvalue weighted by atomic mass is 19.1. The summed E-state index contributed by atoms with van der Waals surface area (Å²) in [4.78, 5) is 18.0. The summed E-state index contributed by atoms with van der Waals surface area (Å²) in [6.07, 6.45) is 14.1. The quantitative estimate of drug-likeness (QED) is 0.466. The molecule has 0 amide bonds. The van der Waals surface area contributed by atoms with Gasteiger partial charge >= 0.3 is 5.69 Å². The molecule has 3 heterocycles. The van der Waals surface area contributed by atoms with Gasteiger partial charge in [0.2, 0.25) is 0 Å². The van der Waals surface area contributed by atoms with Gasteiger partial charge in [0.1, 0.15) is 5.83 Å². The molecule has 1 aliphatic carbocycles. The van der Waals surface area contributed by atoms with Gasteiger partial charge in [-0.05, 0) is 63.4 Å². The molecule has 1 aliphatic heterocycles. The normalized spacial score (nSPS) is 20.2. The minimum Gasteiger partial charge on any atom is -0.326 e. The number of allylic oxidation sites excluding steroid dienone is 6. The molecule has 0 radical (unpaired) electrons. The molecule has 2 aromatic heterocycles. The summed E-state index contributed by atoms with van der Waals surface area (Å²) in [5, 5.41) is 3.45. The average molecular weight is 476 g/mol. The smallest absolute Gasteiger partial charge is 0.326 e. The van der Waals surface area contributed by atoms with Crippen LogP contribution in [0, 0.1) is 0 Å². The van der Waals surface area contributed by atoms with Crippen LogP contribution in [0.2, 0.25) is 0 Å². The molecule has 35 heavy (non-hydrogen) atoms. The van der Waals surface area contributed by atoms with Crippen molar-refractivity contribution < 1.29 is 4.39 Å². The SMILES string of the molecule is C/C=C(F)/C=C\C(=C/C)c1ncn(C2CCNC2)c1-c1ccc2c(c1)n(C)c(=O)n2C1CCCC1. The number of halogens is 1. The Kier molecular flexibility index (Phi) is 6.60. The molecule has 5 rings (SSSR count). The molecule has 0 spiro atoms. The summed E-state index contributed by atoms with van der Waals surface area (Å²) >= 11 is 0. The van der Waals surface area contributed by atoms with Gasteiger partial charge in [-0.25, -0.2) is 14.2 Å². The minimum absolute atomic E-state index is 0.0525. The predicted octanol–water partition coefficient (Wildman–Crippen LogP) is 5.69. The number of nitrogens with one attached hydrogen (secondary N) is 1. The van der Waals surface area contributed by atoms with E-state index in [1.165, 1.54) is 25.0 Å². The summed E-state index contributed by atoms with van der Waals surface area (Å²) in [5.74, 6) is -0.282. The van der Waals surface area contributed by atoms with E-state index >= 15 is 0 Å². The van der Waals surface area contributed by atoms with Crippen molar-refractivity contribution in [2.24, 2.45) is 7.05 Å².